The summed E-state index contributed by atoms with van der Waals surface area (Å²) in [5.74, 6) is 0. The van der Waals surface area contributed by atoms with Crippen LogP contribution in [0.4, 0.5) is 5.69 Å². The first kappa shape index (κ1) is 13.2. The second-order valence-electron chi connectivity index (χ2n) is 4.62. The molecule has 1 heterocycles. The van der Waals surface area contributed by atoms with Crippen molar-refractivity contribution < 1.29 is 0 Å². The van der Waals surface area contributed by atoms with Crippen molar-refractivity contribution >= 4 is 17.0 Å². The number of nitrogens with one attached hydrogen (secondary N) is 1. The van der Waals surface area contributed by atoms with Crippen molar-refractivity contribution in [2.24, 2.45) is 0 Å². The van der Waals surface area contributed by atoms with Crippen LogP contribution in [0.1, 0.15) is 44.2 Å². The third kappa shape index (κ3) is 3.88. The van der Waals surface area contributed by atoms with E-state index in [1.165, 1.54) is 36.9 Å². The molecule has 0 bridgehead atoms. The van der Waals surface area contributed by atoms with Gasteiger partial charge in [0.1, 0.15) is 0 Å². The Hall–Kier alpha value is -1.28. The predicted octanol–water partition coefficient (Wildman–Crippen LogP) is 5.48. The zero-order valence-electron chi connectivity index (χ0n) is 10.9. The third-order valence-electron chi connectivity index (χ3n) is 3.16. The van der Waals surface area contributed by atoms with E-state index in [0.29, 0.717) is 6.04 Å². The summed E-state index contributed by atoms with van der Waals surface area (Å²) in [7, 11) is 0. The highest BCUT2D eigenvalue weighted by Gasteiger charge is 2.10. The van der Waals surface area contributed by atoms with E-state index in [1.807, 2.05) is 0 Å². The Balaban J connectivity index is 2.03. The van der Waals surface area contributed by atoms with Crippen LogP contribution in [0.5, 0.6) is 0 Å². The number of hydrogen-bond acceptors (Lipinski definition) is 2. The number of rotatable bonds is 7. The summed E-state index contributed by atoms with van der Waals surface area (Å²) in [6.45, 7) is 2.25. The second kappa shape index (κ2) is 7.22. The Morgan fingerprint density at radius 1 is 1.11 bits per heavy atom. The van der Waals surface area contributed by atoms with Crippen molar-refractivity contribution in [1.29, 1.82) is 0 Å². The highest BCUT2D eigenvalue weighted by molar-refractivity contribution is 7.08. The van der Waals surface area contributed by atoms with Crippen LogP contribution < -0.4 is 5.32 Å². The van der Waals surface area contributed by atoms with Gasteiger partial charge in [-0.15, -0.1) is 0 Å². The Morgan fingerprint density at radius 2 is 1.94 bits per heavy atom. The largest absolute Gasteiger partial charge is 0.378 e. The molecule has 0 fully saturated rings. The lowest BCUT2D eigenvalue weighted by molar-refractivity contribution is 0.606. The van der Waals surface area contributed by atoms with Gasteiger partial charge in [0.05, 0.1) is 6.04 Å². The summed E-state index contributed by atoms with van der Waals surface area (Å²) < 4.78 is 0. The molecule has 96 valence electrons. The van der Waals surface area contributed by atoms with Crippen LogP contribution in [-0.4, -0.2) is 0 Å². The quantitative estimate of drug-likeness (QED) is 0.649. The van der Waals surface area contributed by atoms with Crippen LogP contribution >= 0.6 is 11.3 Å². The van der Waals surface area contributed by atoms with Gasteiger partial charge in [-0.1, -0.05) is 56.5 Å². The summed E-state index contributed by atoms with van der Waals surface area (Å²) in [6, 6.07) is 13.4. The first-order valence-electron chi connectivity index (χ1n) is 6.74. The van der Waals surface area contributed by atoms with E-state index in [9.17, 15) is 0 Å². The highest BCUT2D eigenvalue weighted by Crippen LogP contribution is 2.25. The molecular weight excluding hydrogens is 238 g/mol. The average Bonchev–Trinajstić information content (AvgIpc) is 2.92. The van der Waals surface area contributed by atoms with E-state index in [2.05, 4.69) is 59.4 Å². The molecule has 0 radical (unpaired) electrons. The van der Waals surface area contributed by atoms with Crippen molar-refractivity contribution in [2.45, 2.75) is 38.6 Å². The third-order valence-corrected chi connectivity index (χ3v) is 3.84. The van der Waals surface area contributed by atoms with Gasteiger partial charge in [0.15, 0.2) is 0 Å². The fourth-order valence-electron chi connectivity index (χ4n) is 2.15. The molecule has 0 spiro atoms. The predicted molar refractivity (Wildman–Crippen MR) is 81.3 cm³/mol. The molecule has 1 N–H and O–H groups in total. The molecule has 0 saturated heterocycles. The number of hydrogen-bond donors (Lipinski definition) is 1. The number of benzene rings is 1. The maximum Gasteiger partial charge on any atom is 0.0514 e. The zero-order chi connectivity index (χ0) is 12.6. The van der Waals surface area contributed by atoms with Crippen molar-refractivity contribution in [3.05, 3.63) is 52.7 Å². The standard InChI is InChI=1S/C16H21NS/c1-2-3-5-10-16(14-8-6-4-7-9-14)17-15-11-12-18-13-15/h4,6-9,11-13,16-17H,2-3,5,10H2,1H3. The van der Waals surface area contributed by atoms with Crippen LogP contribution in [0.2, 0.25) is 0 Å². The molecule has 0 aliphatic heterocycles. The lowest BCUT2D eigenvalue weighted by Crippen LogP contribution is -2.10. The van der Waals surface area contributed by atoms with E-state index in [0.717, 1.165) is 0 Å². The topological polar surface area (TPSA) is 12.0 Å². The van der Waals surface area contributed by atoms with Gasteiger partial charge < -0.3 is 5.32 Å². The Morgan fingerprint density at radius 3 is 2.61 bits per heavy atom. The van der Waals surface area contributed by atoms with Crippen LogP contribution in [-0.2, 0) is 0 Å². The van der Waals surface area contributed by atoms with Gasteiger partial charge in [-0.05, 0) is 23.4 Å². The molecule has 2 heteroatoms. The molecule has 1 nitrogen and oxygen atoms in total. The SMILES string of the molecule is CCCCCC(Nc1ccsc1)c1ccccc1. The van der Waals surface area contributed by atoms with Gasteiger partial charge in [0, 0.05) is 11.1 Å². The molecule has 2 aromatic rings. The lowest BCUT2D eigenvalue weighted by Gasteiger charge is -2.19. The van der Waals surface area contributed by atoms with Crippen LogP contribution in [0, 0.1) is 0 Å². The zero-order valence-corrected chi connectivity index (χ0v) is 11.7. The van der Waals surface area contributed by atoms with Gasteiger partial charge in [-0.25, -0.2) is 0 Å². The van der Waals surface area contributed by atoms with Gasteiger partial charge in [0.25, 0.3) is 0 Å². The van der Waals surface area contributed by atoms with E-state index < -0.39 is 0 Å². The molecular formula is C16H21NS. The second-order valence-corrected chi connectivity index (χ2v) is 5.40. The molecule has 0 aliphatic carbocycles. The van der Waals surface area contributed by atoms with Gasteiger partial charge in [-0.3, -0.25) is 0 Å². The minimum absolute atomic E-state index is 0.437. The molecule has 18 heavy (non-hydrogen) atoms. The molecule has 1 aromatic heterocycles. The number of unbranched alkanes of at least 4 members (excludes halogenated alkanes) is 2. The summed E-state index contributed by atoms with van der Waals surface area (Å²) in [4.78, 5) is 0. The molecule has 1 atom stereocenters. The Kier molecular flexibility index (Phi) is 5.28. The van der Waals surface area contributed by atoms with E-state index in [-0.39, 0.29) is 0 Å². The first-order valence-corrected chi connectivity index (χ1v) is 7.68. The van der Waals surface area contributed by atoms with Crippen molar-refractivity contribution in [3.63, 3.8) is 0 Å². The fourth-order valence-corrected chi connectivity index (χ4v) is 2.75. The molecule has 0 amide bonds. The minimum Gasteiger partial charge on any atom is -0.378 e. The summed E-state index contributed by atoms with van der Waals surface area (Å²) in [5.41, 5.74) is 2.63. The lowest BCUT2D eigenvalue weighted by atomic mass is 10.0. The molecule has 1 unspecified atom stereocenters. The fraction of sp³-hybridized carbons (Fsp3) is 0.375. The summed E-state index contributed by atoms with van der Waals surface area (Å²) in [6.07, 6.45) is 5.08. The maximum atomic E-state index is 3.64. The average molecular weight is 259 g/mol. The normalized spacial score (nSPS) is 12.3. The smallest absolute Gasteiger partial charge is 0.0514 e. The summed E-state index contributed by atoms with van der Waals surface area (Å²) in [5, 5.41) is 7.94. The van der Waals surface area contributed by atoms with Crippen molar-refractivity contribution in [2.75, 3.05) is 5.32 Å². The monoisotopic (exact) mass is 259 g/mol. The molecule has 0 saturated carbocycles. The molecule has 0 aliphatic rings. The van der Waals surface area contributed by atoms with Crippen molar-refractivity contribution in [3.8, 4) is 0 Å². The Bertz CT molecular complexity index is 422. The van der Waals surface area contributed by atoms with Crippen LogP contribution in [0.25, 0.3) is 0 Å². The van der Waals surface area contributed by atoms with Gasteiger partial charge in [0.2, 0.25) is 0 Å². The van der Waals surface area contributed by atoms with Crippen LogP contribution in [0.3, 0.4) is 0 Å². The Labute approximate surface area is 114 Å². The van der Waals surface area contributed by atoms with E-state index in [1.54, 1.807) is 11.3 Å². The molecule has 1 aromatic carbocycles. The minimum atomic E-state index is 0.437. The maximum absolute atomic E-state index is 3.64. The van der Waals surface area contributed by atoms with E-state index >= 15 is 0 Å². The van der Waals surface area contributed by atoms with Gasteiger partial charge >= 0.3 is 0 Å². The van der Waals surface area contributed by atoms with Gasteiger partial charge in [-0.2, -0.15) is 11.3 Å². The van der Waals surface area contributed by atoms with Crippen molar-refractivity contribution in [1.82, 2.24) is 0 Å². The van der Waals surface area contributed by atoms with E-state index in [4.69, 9.17) is 0 Å². The molecule has 2 rings (SSSR count). The summed E-state index contributed by atoms with van der Waals surface area (Å²) >= 11 is 1.74. The first-order chi connectivity index (χ1) is 8.90. The van der Waals surface area contributed by atoms with Crippen LogP contribution in [0.15, 0.2) is 47.2 Å². The highest BCUT2D eigenvalue weighted by atomic mass is 32.1. The number of anilines is 1. The number of thiophene rings is 1.